The Balaban J connectivity index is 1.95. The lowest BCUT2D eigenvalue weighted by Gasteiger charge is -2.36. The van der Waals surface area contributed by atoms with Crippen LogP contribution in [0.4, 0.5) is 0 Å². The number of carboxylic acids is 1. The van der Waals surface area contributed by atoms with Crippen LogP contribution in [0.25, 0.3) is 0 Å². The number of hydrogen-bond donors (Lipinski definition) is 5. The van der Waals surface area contributed by atoms with Crippen LogP contribution in [0.3, 0.4) is 0 Å². The van der Waals surface area contributed by atoms with E-state index in [0.29, 0.717) is 29.1 Å². The summed E-state index contributed by atoms with van der Waals surface area (Å²) in [6, 6.07) is 7.10. The first-order chi connectivity index (χ1) is 12.3. The third kappa shape index (κ3) is 4.36. The van der Waals surface area contributed by atoms with Crippen molar-refractivity contribution in [2.24, 2.45) is 11.5 Å². The molecular formula is C15H16N4O5S2. The topological polar surface area (TPSA) is 165 Å². The second-order valence-corrected chi connectivity index (χ2v) is 8.17. The van der Waals surface area contributed by atoms with E-state index in [0.717, 1.165) is 11.6 Å². The molecule has 0 spiro atoms. The summed E-state index contributed by atoms with van der Waals surface area (Å²) in [5.74, 6) is -3.50. The van der Waals surface area contributed by atoms with E-state index in [1.54, 1.807) is 24.3 Å². The number of carbonyl (C=O) groups excluding carboxylic acids is 3. The van der Waals surface area contributed by atoms with Gasteiger partial charge in [0.15, 0.2) is 0 Å². The highest BCUT2D eigenvalue weighted by Crippen LogP contribution is 2.59. The smallest absolute Gasteiger partial charge is 0.329 e. The first kappa shape index (κ1) is 19.8. The molecule has 0 radical (unpaired) electrons. The molecule has 0 aliphatic carbocycles. The summed E-state index contributed by atoms with van der Waals surface area (Å²) in [6.45, 7) is 0.270. The van der Waals surface area contributed by atoms with Gasteiger partial charge in [0.25, 0.3) is 11.8 Å². The van der Waals surface area contributed by atoms with E-state index in [9.17, 15) is 19.2 Å². The summed E-state index contributed by atoms with van der Waals surface area (Å²) in [5.41, 5.74) is 16.7. The highest BCUT2D eigenvalue weighted by atomic mass is 32.3. The van der Waals surface area contributed by atoms with Crippen molar-refractivity contribution in [1.82, 2.24) is 10.9 Å². The fourth-order valence-electron chi connectivity index (χ4n) is 2.11. The first-order valence-electron chi connectivity index (χ1n) is 7.27. The number of nitrogens with two attached hydrogens (primary N) is 2. The number of hydrogen-bond acceptors (Lipinski definition) is 7. The van der Waals surface area contributed by atoms with Gasteiger partial charge in [0, 0.05) is 12.6 Å². The van der Waals surface area contributed by atoms with Gasteiger partial charge in [0.2, 0.25) is 9.99 Å². The van der Waals surface area contributed by atoms with Gasteiger partial charge in [-0.25, -0.2) is 4.79 Å². The van der Waals surface area contributed by atoms with E-state index in [2.05, 4.69) is 10.9 Å². The molecule has 1 aliphatic heterocycles. The van der Waals surface area contributed by atoms with E-state index in [1.807, 2.05) is 0 Å². The Labute approximate surface area is 156 Å². The molecule has 1 aliphatic rings. The second-order valence-electron chi connectivity index (χ2n) is 5.14. The van der Waals surface area contributed by atoms with Crippen molar-refractivity contribution in [2.45, 2.75) is 17.0 Å². The van der Waals surface area contributed by atoms with Gasteiger partial charge >= 0.3 is 5.97 Å². The number of aliphatic carboxylic acids is 1. The van der Waals surface area contributed by atoms with Crippen LogP contribution in [0.1, 0.15) is 11.1 Å². The summed E-state index contributed by atoms with van der Waals surface area (Å²) < 4.78 is -1.46. The zero-order chi connectivity index (χ0) is 19.3. The van der Waals surface area contributed by atoms with Gasteiger partial charge in [-0.1, -0.05) is 47.8 Å². The van der Waals surface area contributed by atoms with Crippen molar-refractivity contribution >= 4 is 47.2 Å². The minimum atomic E-state index is -1.72. The van der Waals surface area contributed by atoms with Gasteiger partial charge in [-0.2, -0.15) is 0 Å². The van der Waals surface area contributed by atoms with Crippen LogP contribution < -0.4 is 22.3 Å². The fourth-order valence-corrected chi connectivity index (χ4v) is 4.54. The van der Waals surface area contributed by atoms with Crippen LogP contribution in [0.5, 0.6) is 0 Å². The van der Waals surface area contributed by atoms with Gasteiger partial charge in [-0.15, -0.1) is 0 Å². The van der Waals surface area contributed by atoms with Crippen molar-refractivity contribution in [2.75, 3.05) is 0 Å². The number of nitrogens with one attached hydrogen (secondary N) is 2. The standard InChI is InChI=1S/C15H16N4O5S2/c16-7-9-4-2-1-3-8(9)5-10(20)18-19-14(24)15(13(17)23)25-12(26-15)6-11(21)22/h1-4,6H,5,7,16H2,(H2,17,23)(H,18,20)(H,19,24)(H,21,22). The van der Waals surface area contributed by atoms with Crippen molar-refractivity contribution < 1.29 is 24.3 Å². The Morgan fingerprint density at radius 1 is 1.12 bits per heavy atom. The van der Waals surface area contributed by atoms with E-state index in [-0.39, 0.29) is 17.2 Å². The molecule has 0 unspecified atom stereocenters. The molecule has 1 heterocycles. The van der Waals surface area contributed by atoms with Crippen LogP contribution in [0.2, 0.25) is 0 Å². The SMILES string of the molecule is NCc1ccccc1CC(=O)NNC(=O)C1(C(N)=O)SC(=CC(=O)O)S1. The Bertz CT molecular complexity index is 788. The molecule has 1 saturated heterocycles. The van der Waals surface area contributed by atoms with Crippen molar-refractivity contribution in [3.63, 3.8) is 0 Å². The predicted octanol–water partition coefficient (Wildman–Crippen LogP) is -0.577. The largest absolute Gasteiger partial charge is 0.478 e. The van der Waals surface area contributed by atoms with Crippen LogP contribution in [-0.2, 0) is 32.1 Å². The molecule has 0 saturated carbocycles. The number of primary amides is 1. The average Bonchev–Trinajstić information content (AvgIpc) is 2.55. The quantitative estimate of drug-likeness (QED) is 0.242. The molecule has 0 aromatic heterocycles. The Kier molecular flexibility index (Phi) is 6.29. The van der Waals surface area contributed by atoms with Crippen LogP contribution in [0.15, 0.2) is 34.6 Å². The average molecular weight is 396 g/mol. The van der Waals surface area contributed by atoms with Crippen molar-refractivity contribution in [3.05, 3.63) is 45.7 Å². The molecule has 1 aromatic carbocycles. The number of benzene rings is 1. The second kappa shape index (κ2) is 8.25. The molecular weight excluding hydrogens is 380 g/mol. The zero-order valence-electron chi connectivity index (χ0n) is 13.4. The summed E-state index contributed by atoms with van der Waals surface area (Å²) in [5, 5.41) is 8.67. The van der Waals surface area contributed by atoms with Gasteiger partial charge in [0.05, 0.1) is 10.7 Å². The highest BCUT2D eigenvalue weighted by Gasteiger charge is 2.55. The lowest BCUT2D eigenvalue weighted by atomic mass is 10.0. The van der Waals surface area contributed by atoms with Crippen molar-refractivity contribution in [1.29, 1.82) is 0 Å². The van der Waals surface area contributed by atoms with Crippen molar-refractivity contribution in [3.8, 4) is 0 Å². The molecule has 9 nitrogen and oxygen atoms in total. The van der Waals surface area contributed by atoms with E-state index in [1.165, 1.54) is 0 Å². The Morgan fingerprint density at radius 3 is 2.27 bits per heavy atom. The lowest BCUT2D eigenvalue weighted by Crippen LogP contribution is -2.58. The normalized spacial score (nSPS) is 18.4. The zero-order valence-corrected chi connectivity index (χ0v) is 15.0. The molecule has 0 atom stereocenters. The maximum atomic E-state index is 12.2. The predicted molar refractivity (Wildman–Crippen MR) is 97.1 cm³/mol. The molecule has 1 aromatic rings. The third-order valence-corrected chi connectivity index (χ3v) is 6.34. The molecule has 138 valence electrons. The number of carbonyl (C=O) groups is 4. The van der Waals surface area contributed by atoms with E-state index >= 15 is 0 Å². The van der Waals surface area contributed by atoms with Gasteiger partial charge in [-0.05, 0) is 11.1 Å². The maximum Gasteiger partial charge on any atom is 0.329 e. The summed E-state index contributed by atoms with van der Waals surface area (Å²) in [7, 11) is 0. The molecule has 1 fully saturated rings. The minimum Gasteiger partial charge on any atom is -0.478 e. The van der Waals surface area contributed by atoms with Crippen LogP contribution >= 0.6 is 23.5 Å². The van der Waals surface area contributed by atoms with E-state index < -0.39 is 27.8 Å². The number of hydrazine groups is 1. The fraction of sp³-hybridized carbons (Fsp3) is 0.200. The minimum absolute atomic E-state index is 0.0122. The Morgan fingerprint density at radius 2 is 1.73 bits per heavy atom. The monoisotopic (exact) mass is 396 g/mol. The van der Waals surface area contributed by atoms with Gasteiger partial charge < -0.3 is 16.6 Å². The number of carboxylic acid groups (broad SMARTS) is 1. The maximum absolute atomic E-state index is 12.2. The van der Waals surface area contributed by atoms with Crippen LogP contribution in [0, 0.1) is 0 Å². The molecule has 3 amide bonds. The third-order valence-electron chi connectivity index (χ3n) is 3.36. The first-order valence-corrected chi connectivity index (χ1v) is 8.90. The summed E-state index contributed by atoms with van der Waals surface area (Å²) in [6.07, 6.45) is 0.855. The number of rotatable bonds is 6. The van der Waals surface area contributed by atoms with Crippen LogP contribution in [-0.4, -0.2) is 32.9 Å². The summed E-state index contributed by atoms with van der Waals surface area (Å²) >= 11 is 1.43. The summed E-state index contributed by atoms with van der Waals surface area (Å²) in [4.78, 5) is 46.5. The highest BCUT2D eigenvalue weighted by molar-refractivity contribution is 8.41. The molecule has 26 heavy (non-hydrogen) atoms. The van der Waals surface area contributed by atoms with Gasteiger partial charge in [-0.3, -0.25) is 25.2 Å². The number of amides is 3. The van der Waals surface area contributed by atoms with E-state index in [4.69, 9.17) is 16.6 Å². The molecule has 2 rings (SSSR count). The molecule has 7 N–H and O–H groups in total. The number of thioether (sulfide) groups is 2. The molecule has 0 bridgehead atoms. The molecule has 11 heteroatoms. The lowest BCUT2D eigenvalue weighted by molar-refractivity contribution is -0.132. The van der Waals surface area contributed by atoms with Gasteiger partial charge in [0.1, 0.15) is 0 Å². The Hall–Kier alpha value is -2.50.